The molecule has 1 atom stereocenters. The SMILES string of the molecule is CC1(C)CCc2ccccc2C1NCCc1cccs1. The fourth-order valence-electron chi connectivity index (χ4n) is 3.25. The summed E-state index contributed by atoms with van der Waals surface area (Å²) < 4.78 is 0. The first kappa shape index (κ1) is 13.8. The van der Waals surface area contributed by atoms with Crippen LogP contribution in [-0.4, -0.2) is 6.54 Å². The molecule has 0 saturated carbocycles. The monoisotopic (exact) mass is 285 g/mol. The molecule has 0 fully saturated rings. The molecule has 1 aliphatic rings. The molecule has 106 valence electrons. The van der Waals surface area contributed by atoms with Gasteiger partial charge in [0.15, 0.2) is 0 Å². The molecule has 1 aliphatic carbocycles. The van der Waals surface area contributed by atoms with Crippen LogP contribution in [0, 0.1) is 5.41 Å². The summed E-state index contributed by atoms with van der Waals surface area (Å²) in [6, 6.07) is 13.8. The van der Waals surface area contributed by atoms with E-state index in [2.05, 4.69) is 60.9 Å². The van der Waals surface area contributed by atoms with Crippen LogP contribution in [-0.2, 0) is 12.8 Å². The van der Waals surface area contributed by atoms with Gasteiger partial charge in [-0.15, -0.1) is 11.3 Å². The molecular formula is C18H23NS. The van der Waals surface area contributed by atoms with Crippen LogP contribution in [0.4, 0.5) is 0 Å². The average Bonchev–Trinajstić information content (AvgIpc) is 2.94. The molecule has 20 heavy (non-hydrogen) atoms. The summed E-state index contributed by atoms with van der Waals surface area (Å²) in [5, 5.41) is 5.97. The van der Waals surface area contributed by atoms with Gasteiger partial charge in [-0.05, 0) is 47.3 Å². The van der Waals surface area contributed by atoms with E-state index < -0.39 is 0 Å². The van der Waals surface area contributed by atoms with Crippen LogP contribution in [0.2, 0.25) is 0 Å². The van der Waals surface area contributed by atoms with Crippen LogP contribution in [0.1, 0.15) is 42.3 Å². The molecule has 1 nitrogen and oxygen atoms in total. The molecule has 0 radical (unpaired) electrons. The Labute approximate surface area is 126 Å². The number of nitrogens with one attached hydrogen (secondary N) is 1. The smallest absolute Gasteiger partial charge is 0.0374 e. The summed E-state index contributed by atoms with van der Waals surface area (Å²) >= 11 is 1.86. The van der Waals surface area contributed by atoms with Crippen molar-refractivity contribution in [1.29, 1.82) is 0 Å². The lowest BCUT2D eigenvalue weighted by Gasteiger charge is -2.40. The first-order chi connectivity index (χ1) is 9.67. The maximum absolute atomic E-state index is 3.81. The van der Waals surface area contributed by atoms with Crippen molar-refractivity contribution in [2.75, 3.05) is 6.54 Å². The molecule has 1 aromatic heterocycles. The normalized spacial score (nSPS) is 20.6. The number of hydrogen-bond acceptors (Lipinski definition) is 2. The van der Waals surface area contributed by atoms with Crippen molar-refractivity contribution >= 4 is 11.3 Å². The molecule has 1 unspecified atom stereocenters. The van der Waals surface area contributed by atoms with Crippen LogP contribution >= 0.6 is 11.3 Å². The van der Waals surface area contributed by atoms with E-state index in [4.69, 9.17) is 0 Å². The third-order valence-corrected chi connectivity index (χ3v) is 5.42. The summed E-state index contributed by atoms with van der Waals surface area (Å²) in [7, 11) is 0. The Morgan fingerprint density at radius 1 is 1.20 bits per heavy atom. The second-order valence-electron chi connectivity index (χ2n) is 6.40. The zero-order chi connectivity index (χ0) is 14.0. The fourth-order valence-corrected chi connectivity index (χ4v) is 3.96. The van der Waals surface area contributed by atoms with Crippen molar-refractivity contribution in [3.05, 3.63) is 57.8 Å². The zero-order valence-corrected chi connectivity index (χ0v) is 13.2. The minimum Gasteiger partial charge on any atom is -0.309 e. The molecule has 0 bridgehead atoms. The highest BCUT2D eigenvalue weighted by Crippen LogP contribution is 2.43. The Morgan fingerprint density at radius 3 is 2.85 bits per heavy atom. The lowest BCUT2D eigenvalue weighted by atomic mass is 9.70. The highest BCUT2D eigenvalue weighted by Gasteiger charge is 2.35. The molecule has 1 heterocycles. The fraction of sp³-hybridized carbons (Fsp3) is 0.444. The predicted octanol–water partition coefficient (Wildman–Crippen LogP) is 4.59. The standard InChI is InChI=1S/C18H23NS/c1-18(2)11-9-14-6-3-4-8-16(14)17(18)19-12-10-15-7-5-13-20-15/h3-8,13,17,19H,9-12H2,1-2H3. The number of thiophene rings is 1. The number of benzene rings is 1. The van der Waals surface area contributed by atoms with Gasteiger partial charge in [-0.3, -0.25) is 0 Å². The second kappa shape index (κ2) is 5.71. The predicted molar refractivity (Wildman–Crippen MR) is 87.3 cm³/mol. The Balaban J connectivity index is 1.72. The van der Waals surface area contributed by atoms with Gasteiger partial charge in [0.2, 0.25) is 0 Å². The quantitative estimate of drug-likeness (QED) is 0.866. The summed E-state index contributed by atoms with van der Waals surface area (Å²) in [6.45, 7) is 5.85. The molecule has 0 saturated heterocycles. The largest absolute Gasteiger partial charge is 0.309 e. The zero-order valence-electron chi connectivity index (χ0n) is 12.4. The van der Waals surface area contributed by atoms with Gasteiger partial charge >= 0.3 is 0 Å². The first-order valence-electron chi connectivity index (χ1n) is 7.50. The number of hydrogen-bond donors (Lipinski definition) is 1. The van der Waals surface area contributed by atoms with Crippen molar-refractivity contribution in [3.8, 4) is 0 Å². The van der Waals surface area contributed by atoms with E-state index in [-0.39, 0.29) is 0 Å². The van der Waals surface area contributed by atoms with Gasteiger partial charge in [0.1, 0.15) is 0 Å². The van der Waals surface area contributed by atoms with Gasteiger partial charge in [0, 0.05) is 17.5 Å². The van der Waals surface area contributed by atoms with Crippen molar-refractivity contribution in [1.82, 2.24) is 5.32 Å². The number of rotatable bonds is 4. The Kier molecular flexibility index (Phi) is 3.95. The Hall–Kier alpha value is -1.12. The van der Waals surface area contributed by atoms with E-state index >= 15 is 0 Å². The molecule has 2 aromatic rings. The van der Waals surface area contributed by atoms with E-state index in [0.29, 0.717) is 11.5 Å². The van der Waals surface area contributed by atoms with Crippen LogP contribution in [0.3, 0.4) is 0 Å². The average molecular weight is 285 g/mol. The third kappa shape index (κ3) is 2.82. The number of fused-ring (bicyclic) bond motifs is 1. The summed E-state index contributed by atoms with van der Waals surface area (Å²) in [4.78, 5) is 1.47. The molecule has 1 aromatic carbocycles. The molecule has 0 spiro atoms. The summed E-state index contributed by atoms with van der Waals surface area (Å²) in [5.74, 6) is 0. The minimum atomic E-state index is 0.337. The van der Waals surface area contributed by atoms with Crippen LogP contribution < -0.4 is 5.32 Å². The van der Waals surface area contributed by atoms with Gasteiger partial charge in [0.05, 0.1) is 0 Å². The molecule has 1 N–H and O–H groups in total. The molecule has 0 aliphatic heterocycles. The topological polar surface area (TPSA) is 12.0 Å². The van der Waals surface area contributed by atoms with E-state index in [1.54, 1.807) is 0 Å². The van der Waals surface area contributed by atoms with Gasteiger partial charge in [0.25, 0.3) is 0 Å². The van der Waals surface area contributed by atoms with Crippen molar-refractivity contribution in [3.63, 3.8) is 0 Å². The maximum atomic E-state index is 3.81. The van der Waals surface area contributed by atoms with Crippen LogP contribution in [0.5, 0.6) is 0 Å². The minimum absolute atomic E-state index is 0.337. The number of aryl methyl sites for hydroxylation is 1. The lowest BCUT2D eigenvalue weighted by Crippen LogP contribution is -2.38. The molecule has 3 rings (SSSR count). The van der Waals surface area contributed by atoms with E-state index in [9.17, 15) is 0 Å². The summed E-state index contributed by atoms with van der Waals surface area (Å²) in [6.07, 6.45) is 3.61. The highest BCUT2D eigenvalue weighted by molar-refractivity contribution is 7.09. The van der Waals surface area contributed by atoms with Crippen molar-refractivity contribution in [2.45, 2.75) is 39.2 Å². The highest BCUT2D eigenvalue weighted by atomic mass is 32.1. The first-order valence-corrected chi connectivity index (χ1v) is 8.38. The van der Waals surface area contributed by atoms with E-state index in [1.165, 1.54) is 28.8 Å². The Bertz CT molecular complexity index is 557. The van der Waals surface area contributed by atoms with E-state index in [1.807, 2.05) is 11.3 Å². The van der Waals surface area contributed by atoms with Gasteiger partial charge in [-0.2, -0.15) is 0 Å². The third-order valence-electron chi connectivity index (χ3n) is 4.49. The molecule has 0 amide bonds. The van der Waals surface area contributed by atoms with E-state index in [0.717, 1.165) is 13.0 Å². The lowest BCUT2D eigenvalue weighted by molar-refractivity contribution is 0.210. The Morgan fingerprint density at radius 2 is 2.05 bits per heavy atom. The van der Waals surface area contributed by atoms with Crippen molar-refractivity contribution < 1.29 is 0 Å². The second-order valence-corrected chi connectivity index (χ2v) is 7.44. The van der Waals surface area contributed by atoms with Gasteiger partial charge in [-0.25, -0.2) is 0 Å². The van der Waals surface area contributed by atoms with Gasteiger partial charge in [-0.1, -0.05) is 44.2 Å². The van der Waals surface area contributed by atoms with Gasteiger partial charge < -0.3 is 5.32 Å². The molecule has 2 heteroatoms. The maximum Gasteiger partial charge on any atom is 0.0374 e. The van der Waals surface area contributed by atoms with Crippen LogP contribution in [0.25, 0.3) is 0 Å². The van der Waals surface area contributed by atoms with Crippen molar-refractivity contribution in [2.24, 2.45) is 5.41 Å². The summed E-state index contributed by atoms with van der Waals surface area (Å²) in [5.41, 5.74) is 3.37. The van der Waals surface area contributed by atoms with Crippen LogP contribution in [0.15, 0.2) is 41.8 Å². The molecular weight excluding hydrogens is 262 g/mol.